The van der Waals surface area contributed by atoms with E-state index in [-0.39, 0.29) is 5.91 Å². The summed E-state index contributed by atoms with van der Waals surface area (Å²) in [4.78, 5) is 12.0. The van der Waals surface area contributed by atoms with E-state index in [1.54, 1.807) is 24.3 Å². The quantitative estimate of drug-likeness (QED) is 0.926. The molecule has 1 N–H and O–H groups in total. The number of nitrogens with one attached hydrogen (secondary N) is 1. The molecule has 1 amide bonds. The van der Waals surface area contributed by atoms with Gasteiger partial charge in [0, 0.05) is 12.1 Å². The van der Waals surface area contributed by atoms with Gasteiger partial charge in [-0.25, -0.2) is 0 Å². The molecule has 0 aliphatic rings. The second-order valence-electron chi connectivity index (χ2n) is 4.81. The van der Waals surface area contributed by atoms with E-state index < -0.39 is 0 Å². The van der Waals surface area contributed by atoms with Crippen LogP contribution < -0.4 is 5.32 Å². The molecule has 0 aromatic heterocycles. The van der Waals surface area contributed by atoms with Gasteiger partial charge >= 0.3 is 0 Å². The summed E-state index contributed by atoms with van der Waals surface area (Å²) in [6, 6.07) is 14.9. The molecule has 0 radical (unpaired) electrons. The number of hydrogen-bond acceptors (Lipinski definition) is 2. The smallest absolute Gasteiger partial charge is 0.251 e. The zero-order valence-corrected chi connectivity index (χ0v) is 11.6. The standard InChI is InChI=1S/C17H16N2O/c1-12-6-7-16(13(2)8-12)11-19-17(20)15-5-3-4-14(9-15)10-18/h3-9H,11H2,1-2H3,(H,19,20). The van der Waals surface area contributed by atoms with Gasteiger partial charge in [-0.3, -0.25) is 4.79 Å². The van der Waals surface area contributed by atoms with E-state index in [2.05, 4.69) is 11.4 Å². The Kier molecular flexibility index (Phi) is 4.17. The number of rotatable bonds is 3. The van der Waals surface area contributed by atoms with Gasteiger partial charge in [0.05, 0.1) is 11.6 Å². The first kappa shape index (κ1) is 13.8. The Balaban J connectivity index is 2.07. The average molecular weight is 264 g/mol. The van der Waals surface area contributed by atoms with Crippen molar-refractivity contribution in [3.63, 3.8) is 0 Å². The van der Waals surface area contributed by atoms with Gasteiger partial charge in [-0.05, 0) is 43.2 Å². The third-order valence-corrected chi connectivity index (χ3v) is 3.19. The SMILES string of the molecule is Cc1ccc(CNC(=O)c2cccc(C#N)c2)c(C)c1. The lowest BCUT2D eigenvalue weighted by Crippen LogP contribution is -2.23. The number of nitrogens with zero attached hydrogens (tertiary/aromatic N) is 1. The monoisotopic (exact) mass is 264 g/mol. The number of hydrogen-bond donors (Lipinski definition) is 1. The van der Waals surface area contributed by atoms with Gasteiger partial charge in [0.2, 0.25) is 0 Å². The topological polar surface area (TPSA) is 52.9 Å². The van der Waals surface area contributed by atoms with Crippen LogP contribution in [0.2, 0.25) is 0 Å². The van der Waals surface area contributed by atoms with E-state index in [0.717, 1.165) is 11.1 Å². The van der Waals surface area contributed by atoms with Crippen molar-refractivity contribution in [2.45, 2.75) is 20.4 Å². The summed E-state index contributed by atoms with van der Waals surface area (Å²) in [5, 5.41) is 11.7. The van der Waals surface area contributed by atoms with Crippen molar-refractivity contribution < 1.29 is 4.79 Å². The van der Waals surface area contributed by atoms with Gasteiger partial charge < -0.3 is 5.32 Å². The van der Waals surface area contributed by atoms with E-state index in [9.17, 15) is 4.79 Å². The van der Waals surface area contributed by atoms with Crippen molar-refractivity contribution in [1.82, 2.24) is 5.32 Å². The maximum Gasteiger partial charge on any atom is 0.251 e. The molecule has 0 spiro atoms. The lowest BCUT2D eigenvalue weighted by atomic mass is 10.1. The Morgan fingerprint density at radius 2 is 2.00 bits per heavy atom. The molecule has 0 aliphatic heterocycles. The number of amides is 1. The van der Waals surface area contributed by atoms with E-state index in [4.69, 9.17) is 5.26 Å². The molecule has 2 aromatic rings. The van der Waals surface area contributed by atoms with Crippen LogP contribution in [0.3, 0.4) is 0 Å². The minimum absolute atomic E-state index is 0.165. The molecule has 0 aliphatic carbocycles. The normalized spacial score (nSPS) is 9.85. The molecule has 0 saturated carbocycles. The summed E-state index contributed by atoms with van der Waals surface area (Å²) in [5.41, 5.74) is 4.47. The van der Waals surface area contributed by atoms with Crippen LogP contribution in [0, 0.1) is 25.2 Å². The zero-order chi connectivity index (χ0) is 14.5. The predicted octanol–water partition coefficient (Wildman–Crippen LogP) is 3.11. The molecule has 2 aromatic carbocycles. The highest BCUT2D eigenvalue weighted by Crippen LogP contribution is 2.11. The molecule has 0 bridgehead atoms. The first-order valence-corrected chi connectivity index (χ1v) is 6.44. The zero-order valence-electron chi connectivity index (χ0n) is 11.6. The van der Waals surface area contributed by atoms with Gasteiger partial charge in [0.1, 0.15) is 0 Å². The summed E-state index contributed by atoms with van der Waals surface area (Å²) >= 11 is 0. The predicted molar refractivity (Wildman–Crippen MR) is 78.2 cm³/mol. The number of benzene rings is 2. The average Bonchev–Trinajstić information content (AvgIpc) is 2.46. The van der Waals surface area contributed by atoms with Crippen molar-refractivity contribution in [2.24, 2.45) is 0 Å². The van der Waals surface area contributed by atoms with E-state index in [0.29, 0.717) is 17.7 Å². The van der Waals surface area contributed by atoms with Crippen molar-refractivity contribution in [2.75, 3.05) is 0 Å². The molecule has 3 nitrogen and oxygen atoms in total. The van der Waals surface area contributed by atoms with E-state index in [1.165, 1.54) is 5.56 Å². The number of carbonyl (C=O) groups is 1. The van der Waals surface area contributed by atoms with Crippen LogP contribution in [0.15, 0.2) is 42.5 Å². The second kappa shape index (κ2) is 6.03. The molecule has 3 heteroatoms. The van der Waals surface area contributed by atoms with Crippen molar-refractivity contribution in [3.05, 3.63) is 70.3 Å². The summed E-state index contributed by atoms with van der Waals surface area (Å²) in [6.45, 7) is 4.56. The Labute approximate surface area is 118 Å². The number of nitriles is 1. The fraction of sp³-hybridized carbons (Fsp3) is 0.176. The third kappa shape index (κ3) is 3.24. The molecule has 0 unspecified atom stereocenters. The fourth-order valence-corrected chi connectivity index (χ4v) is 2.05. The van der Waals surface area contributed by atoms with Gasteiger partial charge in [-0.15, -0.1) is 0 Å². The van der Waals surface area contributed by atoms with E-state index >= 15 is 0 Å². The molecular weight excluding hydrogens is 248 g/mol. The maximum atomic E-state index is 12.0. The molecule has 0 atom stereocenters. The molecule has 0 saturated heterocycles. The minimum Gasteiger partial charge on any atom is -0.348 e. The van der Waals surface area contributed by atoms with Crippen LogP contribution in [-0.2, 0) is 6.54 Å². The molecular formula is C17H16N2O. The molecule has 20 heavy (non-hydrogen) atoms. The first-order chi connectivity index (χ1) is 9.60. The first-order valence-electron chi connectivity index (χ1n) is 6.44. The van der Waals surface area contributed by atoms with Gasteiger partial charge in [-0.2, -0.15) is 5.26 Å². The fourth-order valence-electron chi connectivity index (χ4n) is 2.05. The van der Waals surface area contributed by atoms with Gasteiger partial charge in [0.15, 0.2) is 0 Å². The highest BCUT2D eigenvalue weighted by Gasteiger charge is 2.07. The summed E-state index contributed by atoms with van der Waals surface area (Å²) in [7, 11) is 0. The minimum atomic E-state index is -0.165. The van der Waals surface area contributed by atoms with Crippen LogP contribution in [0.25, 0.3) is 0 Å². The largest absolute Gasteiger partial charge is 0.348 e. The summed E-state index contributed by atoms with van der Waals surface area (Å²) < 4.78 is 0. The Bertz CT molecular complexity index is 684. The maximum absolute atomic E-state index is 12.0. The Morgan fingerprint density at radius 3 is 2.70 bits per heavy atom. The van der Waals surface area contributed by atoms with E-state index in [1.807, 2.05) is 32.0 Å². The third-order valence-electron chi connectivity index (χ3n) is 3.19. The highest BCUT2D eigenvalue weighted by atomic mass is 16.1. The molecule has 2 rings (SSSR count). The van der Waals surface area contributed by atoms with Crippen LogP contribution in [0.1, 0.15) is 32.6 Å². The highest BCUT2D eigenvalue weighted by molar-refractivity contribution is 5.94. The lowest BCUT2D eigenvalue weighted by molar-refractivity contribution is 0.0951. The molecule has 100 valence electrons. The second-order valence-corrected chi connectivity index (χ2v) is 4.81. The van der Waals surface area contributed by atoms with Crippen LogP contribution in [-0.4, -0.2) is 5.91 Å². The van der Waals surface area contributed by atoms with Crippen LogP contribution >= 0.6 is 0 Å². The van der Waals surface area contributed by atoms with Crippen molar-refractivity contribution in [1.29, 1.82) is 5.26 Å². The van der Waals surface area contributed by atoms with Gasteiger partial charge in [-0.1, -0.05) is 29.8 Å². The van der Waals surface area contributed by atoms with Crippen molar-refractivity contribution in [3.8, 4) is 6.07 Å². The van der Waals surface area contributed by atoms with Crippen molar-refractivity contribution >= 4 is 5.91 Å². The number of aryl methyl sites for hydroxylation is 2. The summed E-state index contributed by atoms with van der Waals surface area (Å²) in [5.74, 6) is -0.165. The van der Waals surface area contributed by atoms with Crippen LogP contribution in [0.5, 0.6) is 0 Å². The lowest BCUT2D eigenvalue weighted by Gasteiger charge is -2.09. The summed E-state index contributed by atoms with van der Waals surface area (Å²) in [6.07, 6.45) is 0. The molecule has 0 fully saturated rings. The van der Waals surface area contributed by atoms with Gasteiger partial charge in [0.25, 0.3) is 5.91 Å². The molecule has 0 heterocycles. The number of carbonyl (C=O) groups excluding carboxylic acids is 1. The Hall–Kier alpha value is -2.60. The Morgan fingerprint density at radius 1 is 1.20 bits per heavy atom. The van der Waals surface area contributed by atoms with Crippen LogP contribution in [0.4, 0.5) is 0 Å².